The summed E-state index contributed by atoms with van der Waals surface area (Å²) in [6.07, 6.45) is 1.66. The van der Waals surface area contributed by atoms with Gasteiger partial charge in [0.1, 0.15) is 5.03 Å². The van der Waals surface area contributed by atoms with Crippen molar-refractivity contribution in [3.63, 3.8) is 0 Å². The minimum atomic E-state index is -0.618. The molecule has 2 rings (SSSR count). The Labute approximate surface area is 101 Å². The number of nitrogens with zero attached hydrogens (tertiary/aromatic N) is 3. The van der Waals surface area contributed by atoms with Crippen molar-refractivity contribution in [3.05, 3.63) is 30.3 Å². The molecule has 0 radical (unpaired) electrons. The zero-order chi connectivity index (χ0) is 12.1. The van der Waals surface area contributed by atoms with E-state index in [1.807, 2.05) is 12.1 Å². The second-order valence-corrected chi connectivity index (χ2v) is 3.84. The lowest BCUT2D eigenvalue weighted by Crippen LogP contribution is -2.04. The van der Waals surface area contributed by atoms with E-state index in [0.29, 0.717) is 5.03 Å². The van der Waals surface area contributed by atoms with Gasteiger partial charge in [-0.15, -0.1) is 5.10 Å². The van der Waals surface area contributed by atoms with Crippen LogP contribution in [0, 0.1) is 0 Å². The van der Waals surface area contributed by atoms with Crippen molar-refractivity contribution in [2.45, 2.75) is 17.2 Å². The molecule has 2 heterocycles. The summed E-state index contributed by atoms with van der Waals surface area (Å²) in [7, 11) is 0. The Hall–Kier alpha value is -1.89. The lowest BCUT2D eigenvalue weighted by molar-refractivity contribution is 0.0475. The Morgan fingerprint density at radius 1 is 1.47 bits per heavy atom. The molecule has 0 spiro atoms. The van der Waals surface area contributed by atoms with Gasteiger partial charge in [-0.2, -0.15) is 0 Å². The second-order valence-electron chi connectivity index (χ2n) is 2.86. The molecule has 0 fully saturated rings. The smallest absolute Gasteiger partial charge is 0.396 e. The molecule has 2 aromatic rings. The standard InChI is InChI=1S/C10H9N3O3S/c1-2-15-9(14)8-12-13-10(16-8)17-7-5-3-4-6-11-7/h3-6H,2H2,1H3. The van der Waals surface area contributed by atoms with Crippen molar-refractivity contribution < 1.29 is 13.9 Å². The molecule has 0 bridgehead atoms. The van der Waals surface area contributed by atoms with E-state index in [0.717, 1.165) is 0 Å². The van der Waals surface area contributed by atoms with Crippen LogP contribution in [0.5, 0.6) is 0 Å². The highest BCUT2D eigenvalue weighted by Crippen LogP contribution is 2.23. The van der Waals surface area contributed by atoms with Crippen molar-refractivity contribution >= 4 is 17.7 Å². The SMILES string of the molecule is CCOC(=O)c1nnc(Sc2ccccn2)o1. The van der Waals surface area contributed by atoms with Crippen molar-refractivity contribution in [2.75, 3.05) is 6.61 Å². The normalized spacial score (nSPS) is 10.2. The average Bonchev–Trinajstić information content (AvgIpc) is 2.79. The predicted octanol–water partition coefficient (Wildman–Crippen LogP) is 1.79. The van der Waals surface area contributed by atoms with Gasteiger partial charge in [0.05, 0.1) is 6.61 Å². The molecule has 0 saturated carbocycles. The van der Waals surface area contributed by atoms with Crippen molar-refractivity contribution in [1.82, 2.24) is 15.2 Å². The highest BCUT2D eigenvalue weighted by atomic mass is 32.2. The second kappa shape index (κ2) is 5.44. The van der Waals surface area contributed by atoms with Crippen LogP contribution in [0.2, 0.25) is 0 Å². The van der Waals surface area contributed by atoms with Crippen LogP contribution in [0.3, 0.4) is 0 Å². The number of aromatic nitrogens is 3. The van der Waals surface area contributed by atoms with Gasteiger partial charge in [0.25, 0.3) is 5.22 Å². The monoisotopic (exact) mass is 251 g/mol. The van der Waals surface area contributed by atoms with Crippen LogP contribution in [0.15, 0.2) is 39.1 Å². The molecule has 0 aromatic carbocycles. The molecule has 0 aliphatic carbocycles. The van der Waals surface area contributed by atoms with Crippen LogP contribution in [-0.4, -0.2) is 27.8 Å². The van der Waals surface area contributed by atoms with Gasteiger partial charge in [0.2, 0.25) is 0 Å². The molecule has 0 unspecified atom stereocenters. The van der Waals surface area contributed by atoms with E-state index in [-0.39, 0.29) is 17.7 Å². The number of carbonyl (C=O) groups excluding carboxylic acids is 1. The van der Waals surface area contributed by atoms with Crippen LogP contribution in [0.4, 0.5) is 0 Å². The summed E-state index contributed by atoms with van der Waals surface area (Å²) in [5.41, 5.74) is 0. The summed E-state index contributed by atoms with van der Waals surface area (Å²) in [6.45, 7) is 1.97. The number of carbonyl (C=O) groups is 1. The zero-order valence-electron chi connectivity index (χ0n) is 8.99. The van der Waals surface area contributed by atoms with E-state index in [2.05, 4.69) is 15.2 Å². The molecule has 17 heavy (non-hydrogen) atoms. The molecule has 88 valence electrons. The Morgan fingerprint density at radius 3 is 3.06 bits per heavy atom. The summed E-state index contributed by atoms with van der Waals surface area (Å²) in [5.74, 6) is -0.766. The molecule has 0 saturated heterocycles. The average molecular weight is 251 g/mol. The third kappa shape index (κ3) is 3.04. The first-order chi connectivity index (χ1) is 8.29. The molecule has 0 atom stereocenters. The Balaban J connectivity index is 2.06. The maximum absolute atomic E-state index is 11.3. The van der Waals surface area contributed by atoms with Crippen LogP contribution >= 0.6 is 11.8 Å². The highest BCUT2D eigenvalue weighted by molar-refractivity contribution is 7.99. The van der Waals surface area contributed by atoms with Crippen LogP contribution in [-0.2, 0) is 4.74 Å². The van der Waals surface area contributed by atoms with Crippen molar-refractivity contribution in [2.24, 2.45) is 0 Å². The fourth-order valence-electron chi connectivity index (χ4n) is 1.02. The summed E-state index contributed by atoms with van der Waals surface area (Å²) in [6, 6.07) is 5.46. The Morgan fingerprint density at radius 2 is 2.35 bits per heavy atom. The first-order valence-corrected chi connectivity index (χ1v) is 5.70. The lowest BCUT2D eigenvalue weighted by Gasteiger charge is -1.95. The predicted molar refractivity (Wildman–Crippen MR) is 58.6 cm³/mol. The summed E-state index contributed by atoms with van der Waals surface area (Å²) in [5, 5.41) is 8.28. The van der Waals surface area contributed by atoms with Gasteiger partial charge in [-0.1, -0.05) is 11.2 Å². The number of esters is 1. The van der Waals surface area contributed by atoms with Crippen molar-refractivity contribution in [3.8, 4) is 0 Å². The minimum absolute atomic E-state index is 0.148. The zero-order valence-corrected chi connectivity index (χ0v) is 9.81. The molecule has 0 amide bonds. The number of rotatable bonds is 4. The molecule has 6 nitrogen and oxygen atoms in total. The molecule has 7 heteroatoms. The maximum Gasteiger partial charge on any atom is 0.396 e. The van der Waals surface area contributed by atoms with Gasteiger partial charge in [0.15, 0.2) is 0 Å². The first kappa shape index (κ1) is 11.6. The number of hydrogen-bond acceptors (Lipinski definition) is 7. The van der Waals surface area contributed by atoms with Gasteiger partial charge in [-0.05, 0) is 30.8 Å². The van der Waals surface area contributed by atoms with E-state index < -0.39 is 5.97 Å². The molecule has 0 aliphatic heterocycles. The number of hydrogen-bond donors (Lipinski definition) is 0. The Bertz CT molecular complexity index is 501. The van der Waals surface area contributed by atoms with Crippen LogP contribution in [0.1, 0.15) is 17.6 Å². The van der Waals surface area contributed by atoms with Gasteiger partial charge >= 0.3 is 11.9 Å². The third-order valence-corrected chi connectivity index (χ3v) is 2.48. The van der Waals surface area contributed by atoms with Gasteiger partial charge < -0.3 is 9.15 Å². The van der Waals surface area contributed by atoms with Gasteiger partial charge in [-0.25, -0.2) is 9.78 Å². The lowest BCUT2D eigenvalue weighted by atomic mass is 10.5. The topological polar surface area (TPSA) is 78.1 Å². The number of ether oxygens (including phenoxy) is 1. The Kier molecular flexibility index (Phi) is 3.71. The van der Waals surface area contributed by atoms with E-state index in [4.69, 9.17) is 9.15 Å². The van der Waals surface area contributed by atoms with E-state index in [9.17, 15) is 4.79 Å². The van der Waals surface area contributed by atoms with Gasteiger partial charge in [-0.3, -0.25) is 0 Å². The van der Waals surface area contributed by atoms with E-state index in [1.165, 1.54) is 11.8 Å². The molecule has 0 N–H and O–H groups in total. The molecule has 0 aliphatic rings. The third-order valence-electron chi connectivity index (χ3n) is 1.69. The highest BCUT2D eigenvalue weighted by Gasteiger charge is 2.16. The van der Waals surface area contributed by atoms with Gasteiger partial charge in [0, 0.05) is 6.20 Å². The maximum atomic E-state index is 11.3. The summed E-state index contributed by atoms with van der Waals surface area (Å²) < 4.78 is 9.86. The molecular formula is C10H9N3O3S. The van der Waals surface area contributed by atoms with Crippen LogP contribution < -0.4 is 0 Å². The van der Waals surface area contributed by atoms with E-state index in [1.54, 1.807) is 19.2 Å². The molecule has 2 aromatic heterocycles. The fraction of sp³-hybridized carbons (Fsp3) is 0.200. The largest absolute Gasteiger partial charge is 0.459 e. The summed E-state index contributed by atoms with van der Waals surface area (Å²) in [4.78, 5) is 15.4. The number of pyridine rings is 1. The van der Waals surface area contributed by atoms with E-state index >= 15 is 0 Å². The van der Waals surface area contributed by atoms with Crippen molar-refractivity contribution in [1.29, 1.82) is 0 Å². The molecular weight excluding hydrogens is 242 g/mol. The fourth-order valence-corrected chi connectivity index (χ4v) is 1.66. The summed E-state index contributed by atoms with van der Waals surface area (Å²) >= 11 is 1.18. The quantitative estimate of drug-likeness (QED) is 0.766. The first-order valence-electron chi connectivity index (χ1n) is 4.89. The van der Waals surface area contributed by atoms with Crippen LogP contribution in [0.25, 0.3) is 0 Å². The minimum Gasteiger partial charge on any atom is -0.459 e.